The lowest BCUT2D eigenvalue weighted by Gasteiger charge is -2.07. The topological polar surface area (TPSA) is 64.0 Å². The molecule has 0 radical (unpaired) electrons. The zero-order valence-electron chi connectivity index (χ0n) is 11.5. The van der Waals surface area contributed by atoms with Gasteiger partial charge in [0, 0.05) is 17.2 Å². The quantitative estimate of drug-likeness (QED) is 0.637. The summed E-state index contributed by atoms with van der Waals surface area (Å²) in [6.45, 7) is 0.306. The van der Waals surface area contributed by atoms with Crippen molar-refractivity contribution < 1.29 is 4.79 Å². The van der Waals surface area contributed by atoms with Crippen molar-refractivity contribution in [2.75, 3.05) is 12.3 Å². The first-order valence-electron chi connectivity index (χ1n) is 6.43. The van der Waals surface area contributed by atoms with Crippen molar-refractivity contribution in [1.29, 1.82) is 0 Å². The number of aromatic nitrogens is 2. The second kappa shape index (κ2) is 8.22. The number of amides is 1. The predicted molar refractivity (Wildman–Crippen MR) is 88.7 cm³/mol. The fourth-order valence-electron chi connectivity index (χ4n) is 1.63. The van der Waals surface area contributed by atoms with Gasteiger partial charge in [-0.05, 0) is 12.1 Å². The Kier molecular flexibility index (Phi) is 6.30. The van der Waals surface area contributed by atoms with E-state index in [0.717, 1.165) is 15.3 Å². The molecule has 0 bridgehead atoms. The molecular formula is C14H13Cl2N3O2S. The number of hydrogen-bond acceptors (Lipinski definition) is 4. The van der Waals surface area contributed by atoms with E-state index < -0.39 is 5.56 Å². The standard InChI is InChI=1S/C14H13Cl2N3O2S/c15-11-8-18-19(14(21)13(11)16)9-12(20)17-6-7-22-10-4-2-1-3-5-10/h1-5,8H,6-7,9H2,(H,17,20). The number of halogens is 2. The molecule has 22 heavy (non-hydrogen) atoms. The van der Waals surface area contributed by atoms with Gasteiger partial charge in [0.15, 0.2) is 0 Å². The SMILES string of the molecule is O=C(Cn1ncc(Cl)c(Cl)c1=O)NCCSc1ccccc1. The number of hydrogen-bond donors (Lipinski definition) is 1. The van der Waals surface area contributed by atoms with Crippen molar-refractivity contribution in [2.24, 2.45) is 0 Å². The van der Waals surface area contributed by atoms with Gasteiger partial charge in [-0.2, -0.15) is 5.10 Å². The Morgan fingerprint density at radius 1 is 1.27 bits per heavy atom. The van der Waals surface area contributed by atoms with Gasteiger partial charge in [0.2, 0.25) is 5.91 Å². The maximum absolute atomic E-state index is 11.8. The van der Waals surface area contributed by atoms with Crippen molar-refractivity contribution >= 4 is 40.9 Å². The first kappa shape index (κ1) is 16.9. The Bertz CT molecular complexity index is 707. The average Bonchev–Trinajstić information content (AvgIpc) is 2.53. The summed E-state index contributed by atoms with van der Waals surface area (Å²) in [6.07, 6.45) is 1.24. The fraction of sp³-hybridized carbons (Fsp3) is 0.214. The normalized spacial score (nSPS) is 10.5. The van der Waals surface area contributed by atoms with Gasteiger partial charge in [-0.25, -0.2) is 4.68 Å². The van der Waals surface area contributed by atoms with E-state index in [1.807, 2.05) is 30.3 Å². The van der Waals surface area contributed by atoms with E-state index in [1.54, 1.807) is 11.8 Å². The molecule has 1 aromatic carbocycles. The third-order valence-corrected chi connectivity index (χ3v) is 4.43. The van der Waals surface area contributed by atoms with Crippen LogP contribution in [0.1, 0.15) is 0 Å². The van der Waals surface area contributed by atoms with Crippen molar-refractivity contribution in [2.45, 2.75) is 11.4 Å². The molecule has 8 heteroatoms. The van der Waals surface area contributed by atoms with Gasteiger partial charge < -0.3 is 5.32 Å². The first-order chi connectivity index (χ1) is 10.6. The molecule has 2 aromatic rings. The van der Waals surface area contributed by atoms with E-state index >= 15 is 0 Å². The molecule has 1 N–H and O–H groups in total. The second-order valence-corrected chi connectivity index (χ2v) is 6.23. The highest BCUT2D eigenvalue weighted by Crippen LogP contribution is 2.16. The van der Waals surface area contributed by atoms with Crippen LogP contribution in [0, 0.1) is 0 Å². The van der Waals surface area contributed by atoms with Crippen LogP contribution in [0.4, 0.5) is 0 Å². The maximum Gasteiger partial charge on any atom is 0.287 e. The zero-order chi connectivity index (χ0) is 15.9. The van der Waals surface area contributed by atoms with Gasteiger partial charge in [0.25, 0.3) is 5.56 Å². The molecular weight excluding hydrogens is 345 g/mol. The minimum Gasteiger partial charge on any atom is -0.354 e. The van der Waals surface area contributed by atoms with Crippen LogP contribution < -0.4 is 10.9 Å². The van der Waals surface area contributed by atoms with E-state index in [1.165, 1.54) is 6.20 Å². The Morgan fingerprint density at radius 3 is 2.73 bits per heavy atom. The zero-order valence-corrected chi connectivity index (χ0v) is 13.8. The summed E-state index contributed by atoms with van der Waals surface area (Å²) in [4.78, 5) is 24.7. The van der Waals surface area contributed by atoms with Gasteiger partial charge in [-0.15, -0.1) is 11.8 Å². The number of nitrogens with one attached hydrogen (secondary N) is 1. The molecule has 0 aliphatic carbocycles. The average molecular weight is 358 g/mol. The van der Waals surface area contributed by atoms with Gasteiger partial charge >= 0.3 is 0 Å². The molecule has 5 nitrogen and oxygen atoms in total. The van der Waals surface area contributed by atoms with E-state index in [2.05, 4.69) is 10.4 Å². The van der Waals surface area contributed by atoms with Crippen molar-refractivity contribution in [3.05, 3.63) is 56.9 Å². The van der Waals surface area contributed by atoms with Crippen LogP contribution in [0.2, 0.25) is 10.0 Å². The molecule has 2 rings (SSSR count). The van der Waals surface area contributed by atoms with Crippen LogP contribution in [0.15, 0.2) is 46.2 Å². The summed E-state index contributed by atoms with van der Waals surface area (Å²) in [5.41, 5.74) is -0.581. The minimum atomic E-state index is -0.581. The van der Waals surface area contributed by atoms with Gasteiger partial charge in [-0.1, -0.05) is 41.4 Å². The molecule has 0 saturated carbocycles. The molecule has 116 valence electrons. The molecule has 0 atom stereocenters. The highest BCUT2D eigenvalue weighted by atomic mass is 35.5. The van der Waals surface area contributed by atoms with Gasteiger partial charge in [-0.3, -0.25) is 9.59 Å². The molecule has 1 amide bonds. The molecule has 0 unspecified atom stereocenters. The summed E-state index contributed by atoms with van der Waals surface area (Å²) < 4.78 is 0.980. The Morgan fingerprint density at radius 2 is 2.00 bits per heavy atom. The van der Waals surface area contributed by atoms with Crippen molar-refractivity contribution in [1.82, 2.24) is 15.1 Å². The maximum atomic E-state index is 11.8. The van der Waals surface area contributed by atoms with Crippen LogP contribution in [0.3, 0.4) is 0 Å². The summed E-state index contributed by atoms with van der Waals surface area (Å²) in [7, 11) is 0. The summed E-state index contributed by atoms with van der Waals surface area (Å²) >= 11 is 13.0. The van der Waals surface area contributed by atoms with Crippen LogP contribution in [-0.4, -0.2) is 28.0 Å². The number of benzene rings is 1. The van der Waals surface area contributed by atoms with Crippen molar-refractivity contribution in [3.8, 4) is 0 Å². The molecule has 1 heterocycles. The Balaban J connectivity index is 1.79. The molecule has 0 fully saturated rings. The molecule has 1 aromatic heterocycles. The monoisotopic (exact) mass is 357 g/mol. The molecule has 0 aliphatic rings. The molecule has 0 spiro atoms. The third kappa shape index (κ3) is 4.76. The first-order valence-corrected chi connectivity index (χ1v) is 8.18. The lowest BCUT2D eigenvalue weighted by Crippen LogP contribution is -2.34. The van der Waals surface area contributed by atoms with E-state index in [-0.39, 0.29) is 22.5 Å². The molecule has 0 aliphatic heterocycles. The van der Waals surface area contributed by atoms with E-state index in [4.69, 9.17) is 23.2 Å². The molecule has 0 saturated heterocycles. The van der Waals surface area contributed by atoms with Gasteiger partial charge in [0.05, 0.1) is 11.2 Å². The largest absolute Gasteiger partial charge is 0.354 e. The fourth-order valence-corrected chi connectivity index (χ4v) is 2.69. The predicted octanol–water partition coefficient (Wildman–Crippen LogP) is 2.46. The lowest BCUT2D eigenvalue weighted by atomic mass is 10.4. The van der Waals surface area contributed by atoms with Gasteiger partial charge in [0.1, 0.15) is 11.6 Å². The van der Waals surface area contributed by atoms with E-state index in [0.29, 0.717) is 6.54 Å². The van der Waals surface area contributed by atoms with Crippen LogP contribution in [0.25, 0.3) is 0 Å². The highest BCUT2D eigenvalue weighted by Gasteiger charge is 2.10. The number of thioether (sulfide) groups is 1. The lowest BCUT2D eigenvalue weighted by molar-refractivity contribution is -0.121. The summed E-state index contributed by atoms with van der Waals surface area (Å²) in [5.74, 6) is 0.432. The number of carbonyl (C=O) groups is 1. The highest BCUT2D eigenvalue weighted by molar-refractivity contribution is 7.99. The smallest absolute Gasteiger partial charge is 0.287 e. The van der Waals surface area contributed by atoms with Crippen LogP contribution in [-0.2, 0) is 11.3 Å². The van der Waals surface area contributed by atoms with Crippen LogP contribution in [0.5, 0.6) is 0 Å². The van der Waals surface area contributed by atoms with E-state index in [9.17, 15) is 9.59 Å². The number of rotatable bonds is 6. The Hall–Kier alpha value is -1.50. The number of nitrogens with zero attached hydrogens (tertiary/aromatic N) is 2. The minimum absolute atomic E-state index is 0.0718. The third-order valence-electron chi connectivity index (χ3n) is 2.67. The van der Waals surface area contributed by atoms with Crippen LogP contribution >= 0.6 is 35.0 Å². The number of carbonyl (C=O) groups excluding carboxylic acids is 1. The second-order valence-electron chi connectivity index (χ2n) is 4.28. The van der Waals surface area contributed by atoms with Crippen molar-refractivity contribution in [3.63, 3.8) is 0 Å². The Labute approximate surface area is 141 Å². The summed E-state index contributed by atoms with van der Waals surface area (Å²) in [5, 5.41) is 6.44. The summed E-state index contributed by atoms with van der Waals surface area (Å²) in [6, 6.07) is 9.89.